The predicted molar refractivity (Wildman–Crippen MR) is 120 cm³/mol. The lowest BCUT2D eigenvalue weighted by molar-refractivity contribution is -0.115. The molecule has 1 aliphatic rings. The lowest BCUT2D eigenvalue weighted by Crippen LogP contribution is -2.44. The Morgan fingerprint density at radius 1 is 1.21 bits per heavy atom. The minimum absolute atomic E-state index is 0.0827. The van der Waals surface area contributed by atoms with E-state index in [1.54, 1.807) is 23.1 Å². The fourth-order valence-electron chi connectivity index (χ4n) is 3.21. The van der Waals surface area contributed by atoms with Crippen LogP contribution in [0.1, 0.15) is 19.4 Å². The Morgan fingerprint density at radius 3 is 2.59 bits per heavy atom. The Morgan fingerprint density at radius 2 is 1.90 bits per heavy atom. The number of carbonyl (C=O) groups is 1. The first-order chi connectivity index (χ1) is 13.8. The zero-order valence-electron chi connectivity index (χ0n) is 16.6. The van der Waals surface area contributed by atoms with E-state index in [2.05, 4.69) is 10.6 Å². The number of thiocarbonyl (C=S) groups is 1. The van der Waals surface area contributed by atoms with Gasteiger partial charge < -0.3 is 15.5 Å². The molecule has 0 aliphatic carbocycles. The van der Waals surface area contributed by atoms with Crippen LogP contribution in [0.25, 0.3) is 0 Å². The van der Waals surface area contributed by atoms with Gasteiger partial charge in [-0.05, 0) is 49.0 Å². The molecule has 29 heavy (non-hydrogen) atoms. The van der Waals surface area contributed by atoms with Crippen molar-refractivity contribution in [1.82, 2.24) is 4.31 Å². The summed E-state index contributed by atoms with van der Waals surface area (Å²) in [5, 5.41) is 6.27. The Bertz CT molecular complexity index is 1050. The maximum atomic E-state index is 12.9. The second-order valence-electron chi connectivity index (χ2n) is 6.65. The molecule has 1 amide bonds. The Hall–Kier alpha value is -2.49. The molecule has 0 aromatic heterocycles. The molecule has 9 heteroatoms. The first-order valence-corrected chi connectivity index (χ1v) is 11.2. The third-order valence-corrected chi connectivity index (χ3v) is 7.18. The highest BCUT2D eigenvalue weighted by Crippen LogP contribution is 2.30. The minimum atomic E-state index is -3.59. The number of anilines is 3. The molecule has 0 fully saturated rings. The Balaban J connectivity index is 1.91. The lowest BCUT2D eigenvalue weighted by atomic mass is 10.2. The average Bonchev–Trinajstić information content (AvgIpc) is 2.69. The van der Waals surface area contributed by atoms with Gasteiger partial charge in [0.25, 0.3) is 0 Å². The summed E-state index contributed by atoms with van der Waals surface area (Å²) in [6.07, 6.45) is 0. The van der Waals surface area contributed by atoms with E-state index in [0.29, 0.717) is 29.6 Å². The van der Waals surface area contributed by atoms with E-state index in [9.17, 15) is 13.2 Å². The van der Waals surface area contributed by atoms with Crippen molar-refractivity contribution < 1.29 is 13.2 Å². The fourth-order valence-corrected chi connectivity index (χ4v) is 4.96. The summed E-state index contributed by atoms with van der Waals surface area (Å²) in [6.45, 7) is 6.36. The number of sulfonamides is 1. The molecular weight excluding hydrogens is 408 g/mol. The molecule has 0 radical (unpaired) electrons. The van der Waals surface area contributed by atoms with E-state index in [4.69, 9.17) is 12.2 Å². The van der Waals surface area contributed by atoms with Crippen LogP contribution < -0.4 is 15.5 Å². The van der Waals surface area contributed by atoms with Gasteiger partial charge in [-0.15, -0.1) is 0 Å². The van der Waals surface area contributed by atoms with Crippen molar-refractivity contribution in [3.8, 4) is 0 Å². The molecule has 0 unspecified atom stereocenters. The quantitative estimate of drug-likeness (QED) is 0.707. The molecule has 0 bridgehead atoms. The number of hydrogen-bond donors (Lipinski definition) is 2. The summed E-state index contributed by atoms with van der Waals surface area (Å²) in [4.78, 5) is 14.0. The highest BCUT2D eigenvalue weighted by atomic mass is 32.2. The number of benzene rings is 2. The molecule has 1 aliphatic heterocycles. The van der Waals surface area contributed by atoms with Crippen molar-refractivity contribution in [3.05, 3.63) is 48.0 Å². The van der Waals surface area contributed by atoms with Gasteiger partial charge in [-0.25, -0.2) is 8.42 Å². The highest BCUT2D eigenvalue weighted by Gasteiger charge is 2.26. The van der Waals surface area contributed by atoms with E-state index < -0.39 is 10.0 Å². The number of amides is 1. The number of para-hydroxylation sites is 2. The van der Waals surface area contributed by atoms with Gasteiger partial charge in [0.1, 0.15) is 6.54 Å². The number of nitrogens with one attached hydrogen (secondary N) is 2. The molecule has 7 nitrogen and oxygen atoms in total. The lowest BCUT2D eigenvalue weighted by Gasteiger charge is -2.31. The molecule has 2 N–H and O–H groups in total. The summed E-state index contributed by atoms with van der Waals surface area (Å²) in [6, 6.07) is 12.3. The topological polar surface area (TPSA) is 81.8 Å². The molecule has 154 valence electrons. The van der Waals surface area contributed by atoms with Gasteiger partial charge in [0.05, 0.1) is 16.3 Å². The number of nitrogens with zero attached hydrogens (tertiary/aromatic N) is 2. The number of aryl methyl sites for hydroxylation is 1. The molecule has 0 spiro atoms. The fraction of sp³-hybridized carbons (Fsp3) is 0.300. The van der Waals surface area contributed by atoms with Crippen molar-refractivity contribution in [1.29, 1.82) is 0 Å². The Kier molecular flexibility index (Phi) is 6.21. The van der Waals surface area contributed by atoms with Crippen molar-refractivity contribution in [2.75, 3.05) is 35.2 Å². The van der Waals surface area contributed by atoms with Crippen molar-refractivity contribution in [2.45, 2.75) is 25.7 Å². The second kappa shape index (κ2) is 8.48. The predicted octanol–water partition coefficient (Wildman–Crippen LogP) is 3.18. The third-order valence-electron chi connectivity index (χ3n) is 4.81. The van der Waals surface area contributed by atoms with Crippen molar-refractivity contribution >= 4 is 50.3 Å². The van der Waals surface area contributed by atoms with Crippen LogP contribution in [0.3, 0.4) is 0 Å². The molecule has 0 saturated carbocycles. The van der Waals surface area contributed by atoms with Crippen molar-refractivity contribution in [3.63, 3.8) is 0 Å². The van der Waals surface area contributed by atoms with Crippen LogP contribution in [0.15, 0.2) is 47.4 Å². The molecule has 1 heterocycles. The zero-order valence-corrected chi connectivity index (χ0v) is 18.2. The van der Waals surface area contributed by atoms with Crippen LogP contribution in [-0.2, 0) is 14.8 Å². The molecule has 2 aromatic rings. The molecule has 0 saturated heterocycles. The summed E-state index contributed by atoms with van der Waals surface area (Å²) in [5.74, 6) is -0.164. The number of carbonyl (C=O) groups excluding carboxylic acids is 1. The van der Waals surface area contributed by atoms with Gasteiger partial charge >= 0.3 is 0 Å². The summed E-state index contributed by atoms with van der Waals surface area (Å²) < 4.78 is 27.1. The van der Waals surface area contributed by atoms with Gasteiger partial charge in [-0.2, -0.15) is 4.31 Å². The largest absolute Gasteiger partial charge is 0.332 e. The first-order valence-electron chi connectivity index (χ1n) is 9.36. The number of rotatable bonds is 5. The Labute approximate surface area is 176 Å². The minimum Gasteiger partial charge on any atom is -0.332 e. The van der Waals surface area contributed by atoms with Crippen molar-refractivity contribution in [2.24, 2.45) is 0 Å². The standard InChI is InChI=1S/C20H24N4O3S2/c1-4-23(5-2)29(26,27)15-11-10-14(3)17(12-15)22-20(28)24-13-19(25)21-16-8-6-7-9-18(16)24/h6-12H,4-5,13H2,1-3H3,(H,21,25)(H,22,28). The second-order valence-corrected chi connectivity index (χ2v) is 8.97. The van der Waals surface area contributed by atoms with Gasteiger partial charge in [0, 0.05) is 18.8 Å². The van der Waals surface area contributed by atoms with Crippen LogP contribution >= 0.6 is 12.2 Å². The van der Waals surface area contributed by atoms with E-state index >= 15 is 0 Å². The van der Waals surface area contributed by atoms with E-state index in [0.717, 1.165) is 11.3 Å². The summed E-state index contributed by atoms with van der Waals surface area (Å²) in [7, 11) is -3.59. The molecule has 0 atom stereocenters. The van der Waals surface area contributed by atoms with Gasteiger partial charge in [-0.1, -0.05) is 32.0 Å². The van der Waals surface area contributed by atoms with Crippen LogP contribution in [0.5, 0.6) is 0 Å². The van der Waals surface area contributed by atoms with Crippen LogP contribution in [-0.4, -0.2) is 43.4 Å². The van der Waals surface area contributed by atoms with E-state index in [-0.39, 0.29) is 17.3 Å². The number of fused-ring (bicyclic) bond motifs is 1. The van der Waals surface area contributed by atoms with Crippen LogP contribution in [0.2, 0.25) is 0 Å². The third kappa shape index (κ3) is 4.26. The van der Waals surface area contributed by atoms with E-state index in [1.165, 1.54) is 4.31 Å². The first kappa shape index (κ1) is 21.2. The smallest absolute Gasteiger partial charge is 0.244 e. The van der Waals surface area contributed by atoms with Gasteiger partial charge in [0.2, 0.25) is 15.9 Å². The summed E-state index contributed by atoms with van der Waals surface area (Å²) in [5.41, 5.74) is 2.91. The molecular formula is C20H24N4O3S2. The maximum Gasteiger partial charge on any atom is 0.244 e. The highest BCUT2D eigenvalue weighted by molar-refractivity contribution is 7.89. The molecule has 2 aromatic carbocycles. The van der Waals surface area contributed by atoms with Crippen LogP contribution in [0.4, 0.5) is 17.1 Å². The van der Waals surface area contributed by atoms with Gasteiger partial charge in [-0.3, -0.25) is 4.79 Å². The molecule has 3 rings (SSSR count). The summed E-state index contributed by atoms with van der Waals surface area (Å²) >= 11 is 5.55. The zero-order chi connectivity index (χ0) is 21.2. The van der Waals surface area contributed by atoms with Gasteiger partial charge in [0.15, 0.2) is 5.11 Å². The maximum absolute atomic E-state index is 12.9. The monoisotopic (exact) mass is 432 g/mol. The van der Waals surface area contributed by atoms with Crippen LogP contribution in [0, 0.1) is 6.92 Å². The van der Waals surface area contributed by atoms with E-state index in [1.807, 2.05) is 45.0 Å². The SMILES string of the molecule is CCN(CC)S(=O)(=O)c1ccc(C)c(NC(=S)N2CC(=O)Nc3ccccc32)c1. The number of hydrogen-bond acceptors (Lipinski definition) is 4. The normalized spacial score (nSPS) is 13.8. The average molecular weight is 433 g/mol.